The molecule has 0 aliphatic rings. The monoisotopic (exact) mass is 1090 g/mol. The van der Waals surface area contributed by atoms with Crippen molar-refractivity contribution in [3.8, 4) is 23.0 Å². The second kappa shape index (κ2) is 30.8. The minimum Gasteiger partial charge on any atom is -0.494 e. The lowest BCUT2D eigenvalue weighted by molar-refractivity contribution is -0.139. The molecule has 0 bridgehead atoms. The minimum atomic E-state index is -0.488. The number of ether oxygens (including phenoxy) is 8. The van der Waals surface area contributed by atoms with E-state index < -0.39 is 11.9 Å². The number of hydrogen-bond donors (Lipinski definition) is 0. The van der Waals surface area contributed by atoms with Crippen molar-refractivity contribution in [2.75, 3.05) is 52.9 Å². The smallest absolute Gasteiger partial charge is 0.330 e. The number of aliphatic imine (C=N–C) groups is 2. The number of esters is 3. The van der Waals surface area contributed by atoms with Crippen LogP contribution in [0.3, 0.4) is 0 Å². The van der Waals surface area contributed by atoms with E-state index in [1.54, 1.807) is 0 Å². The Morgan fingerprint density at radius 1 is 0.407 bits per heavy atom. The van der Waals surface area contributed by atoms with E-state index in [0.29, 0.717) is 51.1 Å². The minimum absolute atomic E-state index is 0.142. The van der Waals surface area contributed by atoms with Crippen molar-refractivity contribution in [3.63, 3.8) is 0 Å². The quantitative estimate of drug-likeness (QED) is 0.00723. The molecule has 0 amide bonds. The Hall–Kier alpha value is -9.21. The van der Waals surface area contributed by atoms with E-state index in [0.717, 1.165) is 141 Å². The standard InChI is InChI=1S/C66H66N4O11/c1-4-62(71)78-34-13-9-7-11-32-75-52-25-21-50(22-26-52)67-44-47-18-29-56-57-30-19-48(45-68-51-23-27-53(28-24-51)76-33-12-8-10-14-35-79-63(72)5-2)41-59(57)66-65(58(56)40-47)69-60-31-20-49(42-61(60)70-66)46-81-55-17-15-16-54(43-55)77-38-36-74-37-39-80-64(73)6-3/h4-6,15-31,40-45H,1-3,7-14,32-39,46H2. The summed E-state index contributed by atoms with van der Waals surface area (Å²) in [5.41, 5.74) is 7.28. The van der Waals surface area contributed by atoms with Crippen LogP contribution in [0.15, 0.2) is 175 Å². The van der Waals surface area contributed by atoms with Crippen LogP contribution in [-0.2, 0) is 39.9 Å². The van der Waals surface area contributed by atoms with E-state index in [-0.39, 0.29) is 25.8 Å². The van der Waals surface area contributed by atoms with Crippen LogP contribution in [0.5, 0.6) is 23.0 Å². The van der Waals surface area contributed by atoms with Gasteiger partial charge in [0.1, 0.15) is 42.8 Å². The molecule has 0 aliphatic carbocycles. The Labute approximate surface area is 471 Å². The summed E-state index contributed by atoms with van der Waals surface area (Å²) in [4.78, 5) is 54.0. The lowest BCUT2D eigenvalue weighted by atomic mass is 9.96. The van der Waals surface area contributed by atoms with Crippen LogP contribution in [0.25, 0.3) is 43.6 Å². The van der Waals surface area contributed by atoms with Gasteiger partial charge in [0.2, 0.25) is 0 Å². The summed E-state index contributed by atoms with van der Waals surface area (Å²) < 4.78 is 44.6. The number of carbonyl (C=O) groups is 3. The molecule has 0 atom stereocenters. The average molecular weight is 1090 g/mol. The molecule has 1 heterocycles. The largest absolute Gasteiger partial charge is 0.494 e. The predicted octanol–water partition coefficient (Wildman–Crippen LogP) is 13.6. The second-order valence-electron chi connectivity index (χ2n) is 18.7. The van der Waals surface area contributed by atoms with Gasteiger partial charge >= 0.3 is 17.9 Å². The van der Waals surface area contributed by atoms with Crippen LogP contribution in [0, 0.1) is 0 Å². The molecule has 0 radical (unpaired) electrons. The number of unbranched alkanes of at least 4 members (excludes halogenated alkanes) is 6. The Bertz CT molecular complexity index is 3500. The van der Waals surface area contributed by atoms with Gasteiger partial charge in [0.15, 0.2) is 0 Å². The van der Waals surface area contributed by atoms with Gasteiger partial charge in [-0.2, -0.15) is 0 Å². The van der Waals surface area contributed by atoms with Gasteiger partial charge in [0, 0.05) is 47.5 Å². The van der Waals surface area contributed by atoms with Gasteiger partial charge in [0.25, 0.3) is 0 Å². The summed E-state index contributed by atoms with van der Waals surface area (Å²) in [6.45, 7) is 13.5. The average Bonchev–Trinajstić information content (AvgIpc) is 3.65. The third kappa shape index (κ3) is 17.9. The summed E-state index contributed by atoms with van der Waals surface area (Å²) in [6, 6.07) is 41.5. The summed E-state index contributed by atoms with van der Waals surface area (Å²) >= 11 is 0. The highest BCUT2D eigenvalue weighted by Crippen LogP contribution is 2.36. The van der Waals surface area contributed by atoms with Gasteiger partial charge in [-0.05, 0) is 164 Å². The number of benzene rings is 7. The van der Waals surface area contributed by atoms with E-state index >= 15 is 0 Å². The fraction of sp³-hybridized carbons (Fsp3) is 0.258. The molecule has 0 saturated carbocycles. The van der Waals surface area contributed by atoms with E-state index in [1.165, 1.54) is 12.2 Å². The normalized spacial score (nSPS) is 11.3. The molecule has 15 nitrogen and oxygen atoms in total. The molecule has 416 valence electrons. The SMILES string of the molecule is C=CC(=O)OCCCCCCOc1ccc(N=Cc2ccc3c4ccc(C=Nc5ccc(OCCCCCCOC(=O)C=C)cc5)cc4c4nc5cc(COc6cccc(OCCOCCOC(=O)C=C)c6)ccc5nc4c3c2)cc1. The molecular weight excluding hydrogens is 1020 g/mol. The fourth-order valence-corrected chi connectivity index (χ4v) is 8.63. The van der Waals surface area contributed by atoms with Gasteiger partial charge in [0.05, 0.1) is 73.1 Å². The number of hydrogen-bond acceptors (Lipinski definition) is 15. The topological polar surface area (TPSA) is 176 Å². The van der Waals surface area contributed by atoms with Crippen LogP contribution >= 0.6 is 0 Å². The van der Waals surface area contributed by atoms with Gasteiger partial charge in [-0.25, -0.2) is 24.4 Å². The summed E-state index contributed by atoms with van der Waals surface area (Å²) in [5.74, 6) is 1.56. The third-order valence-electron chi connectivity index (χ3n) is 12.8. The van der Waals surface area contributed by atoms with Crippen molar-refractivity contribution in [3.05, 3.63) is 182 Å². The first kappa shape index (κ1) is 58.0. The highest BCUT2D eigenvalue weighted by Gasteiger charge is 2.15. The molecule has 0 saturated heterocycles. The van der Waals surface area contributed by atoms with Gasteiger partial charge in [-0.3, -0.25) is 9.98 Å². The molecule has 8 aromatic rings. The Kier molecular flexibility index (Phi) is 22.0. The van der Waals surface area contributed by atoms with E-state index in [2.05, 4.69) is 56.1 Å². The number of nitrogens with zero attached hydrogens (tertiary/aromatic N) is 4. The molecule has 0 unspecified atom stereocenters. The molecule has 0 N–H and O–H groups in total. The zero-order valence-electron chi connectivity index (χ0n) is 45.4. The Morgan fingerprint density at radius 3 is 1.41 bits per heavy atom. The molecule has 0 fully saturated rings. The number of fused-ring (bicyclic) bond motifs is 7. The highest BCUT2D eigenvalue weighted by molar-refractivity contribution is 6.25. The van der Waals surface area contributed by atoms with Crippen LogP contribution in [0.1, 0.15) is 68.1 Å². The van der Waals surface area contributed by atoms with Gasteiger partial charge in [-0.1, -0.05) is 56.1 Å². The van der Waals surface area contributed by atoms with Crippen molar-refractivity contribution in [2.45, 2.75) is 58.0 Å². The molecule has 7 aromatic carbocycles. The van der Waals surface area contributed by atoms with Crippen LogP contribution < -0.4 is 18.9 Å². The van der Waals surface area contributed by atoms with Crippen molar-refractivity contribution >= 4 is 85.3 Å². The number of rotatable bonds is 33. The van der Waals surface area contributed by atoms with Crippen molar-refractivity contribution in [1.82, 2.24) is 9.97 Å². The molecular formula is C66H66N4O11. The van der Waals surface area contributed by atoms with E-state index in [9.17, 15) is 14.4 Å². The fourth-order valence-electron chi connectivity index (χ4n) is 8.63. The van der Waals surface area contributed by atoms with Crippen LogP contribution in [0.2, 0.25) is 0 Å². The molecule has 8 rings (SSSR count). The lowest BCUT2D eigenvalue weighted by Gasteiger charge is -2.13. The van der Waals surface area contributed by atoms with Crippen molar-refractivity contribution in [1.29, 1.82) is 0 Å². The maximum atomic E-state index is 11.2. The lowest BCUT2D eigenvalue weighted by Crippen LogP contribution is -2.12. The van der Waals surface area contributed by atoms with Crippen LogP contribution in [-0.4, -0.2) is 93.2 Å². The highest BCUT2D eigenvalue weighted by atomic mass is 16.6. The zero-order chi connectivity index (χ0) is 56.4. The summed E-state index contributed by atoms with van der Waals surface area (Å²) in [6.07, 6.45) is 14.5. The molecule has 0 spiro atoms. The Morgan fingerprint density at radius 2 is 0.877 bits per heavy atom. The maximum Gasteiger partial charge on any atom is 0.330 e. The van der Waals surface area contributed by atoms with E-state index in [4.69, 9.17) is 57.8 Å². The summed E-state index contributed by atoms with van der Waals surface area (Å²) in [5, 5.41) is 3.94. The molecule has 1 aromatic heterocycles. The molecule has 15 heteroatoms. The predicted molar refractivity (Wildman–Crippen MR) is 318 cm³/mol. The number of carbonyl (C=O) groups excluding carboxylic acids is 3. The second-order valence-corrected chi connectivity index (χ2v) is 18.7. The maximum absolute atomic E-state index is 11.2. The van der Waals surface area contributed by atoms with Crippen molar-refractivity contribution < 1.29 is 52.3 Å². The van der Waals surface area contributed by atoms with Gasteiger partial charge in [-0.15, -0.1) is 0 Å². The van der Waals surface area contributed by atoms with E-state index in [1.807, 2.05) is 103 Å². The first-order chi connectivity index (χ1) is 39.7. The first-order valence-corrected chi connectivity index (χ1v) is 27.2. The third-order valence-corrected chi connectivity index (χ3v) is 12.8. The van der Waals surface area contributed by atoms with Gasteiger partial charge < -0.3 is 37.9 Å². The molecule has 81 heavy (non-hydrogen) atoms. The number of aromatic nitrogens is 2. The zero-order valence-corrected chi connectivity index (χ0v) is 45.4. The molecule has 0 aliphatic heterocycles. The Balaban J connectivity index is 0.973. The van der Waals surface area contributed by atoms with Crippen LogP contribution in [0.4, 0.5) is 11.4 Å². The summed E-state index contributed by atoms with van der Waals surface area (Å²) in [7, 11) is 0. The van der Waals surface area contributed by atoms with Crippen molar-refractivity contribution in [2.24, 2.45) is 9.98 Å². The first-order valence-electron chi connectivity index (χ1n) is 27.2.